The second-order valence-corrected chi connectivity index (χ2v) is 3.52. The number of ether oxygens (including phenoxy) is 1. The van der Waals surface area contributed by atoms with Crippen molar-refractivity contribution in [2.24, 2.45) is 5.73 Å². The Hall–Kier alpha value is -0.940. The van der Waals surface area contributed by atoms with Crippen molar-refractivity contribution in [3.05, 3.63) is 11.7 Å². The third kappa shape index (κ3) is 2.30. The molecule has 3 unspecified atom stereocenters. The first kappa shape index (κ1) is 11.1. The van der Waals surface area contributed by atoms with Crippen LogP contribution < -0.4 is 5.73 Å². The summed E-state index contributed by atoms with van der Waals surface area (Å²) in [4.78, 5) is 4.22. The predicted octanol–water partition coefficient (Wildman–Crippen LogP) is 1.23. The molecule has 0 aromatic carbocycles. The van der Waals surface area contributed by atoms with Gasteiger partial charge in [0.05, 0.1) is 5.92 Å². The lowest BCUT2D eigenvalue weighted by Gasteiger charge is -2.09. The molecule has 0 fully saturated rings. The summed E-state index contributed by atoms with van der Waals surface area (Å²) >= 11 is 0. The Morgan fingerprint density at radius 3 is 2.50 bits per heavy atom. The first-order chi connectivity index (χ1) is 6.56. The van der Waals surface area contributed by atoms with E-state index in [-0.39, 0.29) is 18.1 Å². The van der Waals surface area contributed by atoms with Crippen molar-refractivity contribution in [2.75, 3.05) is 7.11 Å². The van der Waals surface area contributed by atoms with Crippen LogP contribution in [0, 0.1) is 0 Å². The summed E-state index contributed by atoms with van der Waals surface area (Å²) in [6, 6.07) is 0.00107. The number of aromatic nitrogens is 2. The normalized spacial score (nSPS) is 17.8. The van der Waals surface area contributed by atoms with Gasteiger partial charge in [0.15, 0.2) is 5.82 Å². The van der Waals surface area contributed by atoms with Gasteiger partial charge in [-0.3, -0.25) is 0 Å². The maximum absolute atomic E-state index is 5.73. The third-order valence-corrected chi connectivity index (χ3v) is 2.35. The van der Waals surface area contributed by atoms with Gasteiger partial charge in [-0.1, -0.05) is 12.1 Å². The number of nitrogens with zero attached hydrogens (tertiary/aromatic N) is 2. The van der Waals surface area contributed by atoms with E-state index in [1.165, 1.54) is 0 Å². The van der Waals surface area contributed by atoms with Gasteiger partial charge in [0.1, 0.15) is 6.10 Å². The van der Waals surface area contributed by atoms with E-state index in [9.17, 15) is 0 Å². The van der Waals surface area contributed by atoms with Crippen LogP contribution in [0.25, 0.3) is 0 Å². The number of nitrogens with two attached hydrogens (primary N) is 1. The average Bonchev–Trinajstić information content (AvgIpc) is 2.64. The van der Waals surface area contributed by atoms with Crippen LogP contribution >= 0.6 is 0 Å². The summed E-state index contributed by atoms with van der Waals surface area (Å²) in [7, 11) is 1.61. The molecule has 0 spiro atoms. The summed E-state index contributed by atoms with van der Waals surface area (Å²) in [6.07, 6.45) is -0.146. The molecule has 1 heterocycles. The Morgan fingerprint density at radius 2 is 2.00 bits per heavy atom. The third-order valence-electron chi connectivity index (χ3n) is 2.35. The SMILES string of the molecule is COC(C)c1noc(C(C)C(C)N)n1. The molecule has 14 heavy (non-hydrogen) atoms. The molecule has 1 aromatic rings. The number of hydrogen-bond donors (Lipinski definition) is 1. The number of hydrogen-bond acceptors (Lipinski definition) is 5. The molecule has 0 aliphatic heterocycles. The Bertz CT molecular complexity index is 285. The molecule has 5 nitrogen and oxygen atoms in total. The highest BCUT2D eigenvalue weighted by Gasteiger charge is 2.19. The molecule has 0 aliphatic carbocycles. The lowest BCUT2D eigenvalue weighted by Crippen LogP contribution is -2.22. The van der Waals surface area contributed by atoms with Gasteiger partial charge in [0, 0.05) is 13.2 Å². The van der Waals surface area contributed by atoms with Gasteiger partial charge in [0.25, 0.3) is 0 Å². The molecule has 80 valence electrons. The topological polar surface area (TPSA) is 74.2 Å². The van der Waals surface area contributed by atoms with Crippen molar-refractivity contribution in [2.45, 2.75) is 38.8 Å². The van der Waals surface area contributed by atoms with E-state index in [4.69, 9.17) is 15.0 Å². The lowest BCUT2D eigenvalue weighted by atomic mass is 10.1. The molecule has 0 saturated carbocycles. The van der Waals surface area contributed by atoms with Crippen LogP contribution in [0.2, 0.25) is 0 Å². The number of methoxy groups -OCH3 is 1. The van der Waals surface area contributed by atoms with E-state index >= 15 is 0 Å². The fourth-order valence-electron chi connectivity index (χ4n) is 0.928. The van der Waals surface area contributed by atoms with Gasteiger partial charge in [-0.15, -0.1) is 0 Å². The Morgan fingerprint density at radius 1 is 1.36 bits per heavy atom. The lowest BCUT2D eigenvalue weighted by molar-refractivity contribution is 0.109. The van der Waals surface area contributed by atoms with Crippen LogP contribution in [-0.4, -0.2) is 23.3 Å². The van der Waals surface area contributed by atoms with E-state index in [1.54, 1.807) is 7.11 Å². The summed E-state index contributed by atoms with van der Waals surface area (Å²) in [6.45, 7) is 5.74. The highest BCUT2D eigenvalue weighted by Crippen LogP contribution is 2.18. The fourth-order valence-corrected chi connectivity index (χ4v) is 0.928. The van der Waals surface area contributed by atoms with Crippen LogP contribution in [0.5, 0.6) is 0 Å². The van der Waals surface area contributed by atoms with Crippen molar-refractivity contribution < 1.29 is 9.26 Å². The fraction of sp³-hybridized carbons (Fsp3) is 0.778. The van der Waals surface area contributed by atoms with Crippen molar-refractivity contribution in [3.63, 3.8) is 0 Å². The molecule has 0 amide bonds. The zero-order valence-corrected chi connectivity index (χ0v) is 9.02. The van der Waals surface area contributed by atoms with Crippen molar-refractivity contribution in [1.29, 1.82) is 0 Å². The summed E-state index contributed by atoms with van der Waals surface area (Å²) in [5, 5.41) is 3.82. The molecule has 3 atom stereocenters. The maximum atomic E-state index is 5.73. The second kappa shape index (κ2) is 4.52. The molecular weight excluding hydrogens is 182 g/mol. The van der Waals surface area contributed by atoms with Gasteiger partial charge in [-0.2, -0.15) is 4.98 Å². The first-order valence-corrected chi connectivity index (χ1v) is 4.68. The van der Waals surface area contributed by atoms with Crippen LogP contribution in [0.1, 0.15) is 44.5 Å². The van der Waals surface area contributed by atoms with Crippen LogP contribution in [0.15, 0.2) is 4.52 Å². The van der Waals surface area contributed by atoms with E-state index < -0.39 is 0 Å². The van der Waals surface area contributed by atoms with Crippen LogP contribution in [-0.2, 0) is 4.74 Å². The molecular formula is C9H17N3O2. The van der Waals surface area contributed by atoms with Gasteiger partial charge < -0.3 is 15.0 Å². The minimum Gasteiger partial charge on any atom is -0.374 e. The standard InChI is InChI=1S/C9H17N3O2/c1-5(6(2)10)9-11-8(12-14-9)7(3)13-4/h5-7H,10H2,1-4H3. The Kier molecular flexibility index (Phi) is 3.60. The van der Waals surface area contributed by atoms with Gasteiger partial charge in [0.2, 0.25) is 5.89 Å². The molecule has 1 rings (SSSR count). The zero-order chi connectivity index (χ0) is 10.7. The molecule has 0 radical (unpaired) electrons. The predicted molar refractivity (Wildman–Crippen MR) is 51.8 cm³/mol. The van der Waals surface area contributed by atoms with E-state index in [0.29, 0.717) is 11.7 Å². The quantitative estimate of drug-likeness (QED) is 0.789. The molecule has 1 aromatic heterocycles. The molecule has 5 heteroatoms. The molecule has 2 N–H and O–H groups in total. The Balaban J connectivity index is 2.77. The molecule has 0 saturated heterocycles. The minimum absolute atomic E-state index is 0.00107. The number of rotatable bonds is 4. The minimum atomic E-state index is -0.146. The highest BCUT2D eigenvalue weighted by molar-refractivity contribution is 4.97. The van der Waals surface area contributed by atoms with E-state index in [1.807, 2.05) is 20.8 Å². The van der Waals surface area contributed by atoms with Crippen LogP contribution in [0.3, 0.4) is 0 Å². The summed E-state index contributed by atoms with van der Waals surface area (Å²) in [5.41, 5.74) is 5.73. The molecule has 0 aliphatic rings. The van der Waals surface area contributed by atoms with Crippen molar-refractivity contribution >= 4 is 0 Å². The second-order valence-electron chi connectivity index (χ2n) is 3.52. The largest absolute Gasteiger partial charge is 0.374 e. The van der Waals surface area contributed by atoms with Crippen LogP contribution in [0.4, 0.5) is 0 Å². The monoisotopic (exact) mass is 199 g/mol. The van der Waals surface area contributed by atoms with Gasteiger partial charge in [-0.05, 0) is 13.8 Å². The zero-order valence-electron chi connectivity index (χ0n) is 9.02. The smallest absolute Gasteiger partial charge is 0.231 e. The summed E-state index contributed by atoms with van der Waals surface area (Å²) < 4.78 is 10.2. The van der Waals surface area contributed by atoms with E-state index in [2.05, 4.69) is 10.1 Å². The van der Waals surface area contributed by atoms with E-state index in [0.717, 1.165) is 0 Å². The van der Waals surface area contributed by atoms with Gasteiger partial charge in [-0.25, -0.2) is 0 Å². The first-order valence-electron chi connectivity index (χ1n) is 4.68. The van der Waals surface area contributed by atoms with Gasteiger partial charge >= 0.3 is 0 Å². The maximum Gasteiger partial charge on any atom is 0.231 e. The molecule has 0 bridgehead atoms. The Labute approximate surface area is 83.6 Å². The summed E-state index contributed by atoms with van der Waals surface area (Å²) in [5.74, 6) is 1.20. The highest BCUT2D eigenvalue weighted by atomic mass is 16.5. The van der Waals surface area contributed by atoms with Crippen molar-refractivity contribution in [3.8, 4) is 0 Å². The average molecular weight is 199 g/mol. The van der Waals surface area contributed by atoms with Crippen molar-refractivity contribution in [1.82, 2.24) is 10.1 Å².